The number of ether oxygens (including phenoxy) is 2. The quantitative estimate of drug-likeness (QED) is 0.707. The average Bonchev–Trinajstić information content (AvgIpc) is 2.74. The molecule has 2 aromatic carbocycles. The molecular weight excluding hydrogens is 360 g/mol. The van der Waals surface area contributed by atoms with Gasteiger partial charge in [-0.3, -0.25) is 9.69 Å². The van der Waals surface area contributed by atoms with Crippen LogP contribution in [0.4, 0.5) is 0 Å². The van der Waals surface area contributed by atoms with E-state index in [2.05, 4.69) is 22.3 Å². The predicted molar refractivity (Wildman–Crippen MR) is 108 cm³/mol. The molecule has 1 aliphatic heterocycles. The number of carbonyl (C=O) groups is 1. The maximum atomic E-state index is 12.3. The molecular formula is C21H26N2O3S. The molecule has 1 saturated heterocycles. The SMILES string of the molecule is COc1ccc([C@@H](CNC(=O)CSc2ccccc2)N2CCOCC2)cc1. The summed E-state index contributed by atoms with van der Waals surface area (Å²) in [6.45, 7) is 3.77. The molecule has 1 fully saturated rings. The molecule has 0 unspecified atom stereocenters. The number of nitrogens with one attached hydrogen (secondary N) is 1. The largest absolute Gasteiger partial charge is 0.497 e. The molecule has 5 nitrogen and oxygen atoms in total. The molecule has 0 radical (unpaired) electrons. The first kappa shape index (κ1) is 19.7. The molecule has 1 aliphatic rings. The fourth-order valence-electron chi connectivity index (χ4n) is 3.10. The van der Waals surface area contributed by atoms with Crippen molar-refractivity contribution in [3.8, 4) is 5.75 Å². The Kier molecular flexibility index (Phi) is 7.56. The van der Waals surface area contributed by atoms with E-state index in [0.29, 0.717) is 12.3 Å². The molecule has 0 spiro atoms. The smallest absolute Gasteiger partial charge is 0.230 e. The van der Waals surface area contributed by atoms with Gasteiger partial charge in [0.2, 0.25) is 5.91 Å². The van der Waals surface area contributed by atoms with Gasteiger partial charge in [-0.25, -0.2) is 0 Å². The van der Waals surface area contributed by atoms with Gasteiger partial charge in [-0.2, -0.15) is 0 Å². The molecule has 27 heavy (non-hydrogen) atoms. The number of benzene rings is 2. The van der Waals surface area contributed by atoms with Crippen molar-refractivity contribution in [2.24, 2.45) is 0 Å². The minimum atomic E-state index is 0.0515. The van der Waals surface area contributed by atoms with E-state index >= 15 is 0 Å². The van der Waals surface area contributed by atoms with E-state index in [1.54, 1.807) is 18.9 Å². The van der Waals surface area contributed by atoms with Gasteiger partial charge in [-0.05, 0) is 29.8 Å². The molecule has 0 aromatic heterocycles. The van der Waals surface area contributed by atoms with E-state index in [0.717, 1.165) is 36.9 Å². The fourth-order valence-corrected chi connectivity index (χ4v) is 3.85. The summed E-state index contributed by atoms with van der Waals surface area (Å²) in [7, 11) is 1.67. The maximum absolute atomic E-state index is 12.3. The number of methoxy groups -OCH3 is 1. The minimum absolute atomic E-state index is 0.0515. The second-order valence-electron chi connectivity index (χ2n) is 6.34. The average molecular weight is 387 g/mol. The number of amides is 1. The highest BCUT2D eigenvalue weighted by molar-refractivity contribution is 8.00. The number of morpholine rings is 1. The Morgan fingerprint density at radius 2 is 1.85 bits per heavy atom. The summed E-state index contributed by atoms with van der Waals surface area (Å²) in [5.41, 5.74) is 1.17. The van der Waals surface area contributed by atoms with Crippen LogP contribution in [0.25, 0.3) is 0 Å². The van der Waals surface area contributed by atoms with E-state index in [9.17, 15) is 4.79 Å². The van der Waals surface area contributed by atoms with Gasteiger partial charge in [0, 0.05) is 24.5 Å². The van der Waals surface area contributed by atoms with Crippen LogP contribution < -0.4 is 10.1 Å². The Labute approximate surface area is 165 Å². The number of hydrogen-bond acceptors (Lipinski definition) is 5. The van der Waals surface area contributed by atoms with E-state index in [4.69, 9.17) is 9.47 Å². The molecule has 1 amide bonds. The lowest BCUT2D eigenvalue weighted by atomic mass is 10.0. The van der Waals surface area contributed by atoms with Crippen molar-refractivity contribution >= 4 is 17.7 Å². The van der Waals surface area contributed by atoms with Crippen LogP contribution in [-0.4, -0.2) is 56.5 Å². The normalized spacial score (nSPS) is 15.9. The van der Waals surface area contributed by atoms with Crippen molar-refractivity contribution < 1.29 is 14.3 Å². The molecule has 1 heterocycles. The summed E-state index contributed by atoms with van der Waals surface area (Å²) >= 11 is 1.55. The highest BCUT2D eigenvalue weighted by Crippen LogP contribution is 2.24. The van der Waals surface area contributed by atoms with Gasteiger partial charge in [0.1, 0.15) is 5.75 Å². The van der Waals surface area contributed by atoms with Gasteiger partial charge >= 0.3 is 0 Å². The van der Waals surface area contributed by atoms with Crippen LogP contribution >= 0.6 is 11.8 Å². The van der Waals surface area contributed by atoms with Gasteiger partial charge in [0.25, 0.3) is 0 Å². The Balaban J connectivity index is 1.59. The molecule has 3 rings (SSSR count). The lowest BCUT2D eigenvalue weighted by Crippen LogP contribution is -2.44. The molecule has 0 bridgehead atoms. The second-order valence-corrected chi connectivity index (χ2v) is 7.39. The first-order chi connectivity index (χ1) is 13.3. The summed E-state index contributed by atoms with van der Waals surface area (Å²) in [5.74, 6) is 1.31. The fraction of sp³-hybridized carbons (Fsp3) is 0.381. The van der Waals surface area contributed by atoms with E-state index in [1.807, 2.05) is 42.5 Å². The summed E-state index contributed by atoms with van der Waals surface area (Å²) in [5, 5.41) is 3.10. The minimum Gasteiger partial charge on any atom is -0.497 e. The molecule has 144 valence electrons. The number of thioether (sulfide) groups is 1. The zero-order chi connectivity index (χ0) is 18.9. The molecule has 0 aliphatic carbocycles. The Morgan fingerprint density at radius 3 is 2.52 bits per heavy atom. The monoisotopic (exact) mass is 386 g/mol. The predicted octanol–water partition coefficient (Wildman–Crippen LogP) is 2.98. The Bertz CT molecular complexity index is 703. The van der Waals surface area contributed by atoms with Crippen LogP contribution in [0.5, 0.6) is 5.75 Å². The topological polar surface area (TPSA) is 50.8 Å². The van der Waals surface area contributed by atoms with Crippen molar-refractivity contribution in [2.75, 3.05) is 45.7 Å². The Hall–Kier alpha value is -2.02. The van der Waals surface area contributed by atoms with Gasteiger partial charge < -0.3 is 14.8 Å². The highest BCUT2D eigenvalue weighted by Gasteiger charge is 2.23. The summed E-state index contributed by atoms with van der Waals surface area (Å²) in [4.78, 5) is 15.8. The van der Waals surface area contributed by atoms with Crippen LogP contribution in [-0.2, 0) is 9.53 Å². The number of hydrogen-bond donors (Lipinski definition) is 1. The van der Waals surface area contributed by atoms with Crippen molar-refractivity contribution in [3.05, 3.63) is 60.2 Å². The molecule has 1 atom stereocenters. The molecule has 0 saturated carbocycles. The summed E-state index contributed by atoms with van der Waals surface area (Å²) in [6.07, 6.45) is 0. The maximum Gasteiger partial charge on any atom is 0.230 e. The zero-order valence-corrected chi connectivity index (χ0v) is 16.4. The van der Waals surface area contributed by atoms with Crippen molar-refractivity contribution in [3.63, 3.8) is 0 Å². The van der Waals surface area contributed by atoms with Crippen LogP contribution in [0, 0.1) is 0 Å². The molecule has 6 heteroatoms. The first-order valence-electron chi connectivity index (χ1n) is 9.16. The molecule has 2 aromatic rings. The van der Waals surface area contributed by atoms with E-state index in [1.165, 1.54) is 5.56 Å². The lowest BCUT2D eigenvalue weighted by molar-refractivity contribution is -0.118. The van der Waals surface area contributed by atoms with Gasteiger partial charge in [-0.15, -0.1) is 11.8 Å². The Morgan fingerprint density at radius 1 is 1.15 bits per heavy atom. The zero-order valence-electron chi connectivity index (χ0n) is 15.6. The number of carbonyl (C=O) groups excluding carboxylic acids is 1. The lowest BCUT2D eigenvalue weighted by Gasteiger charge is -2.35. The van der Waals surface area contributed by atoms with Crippen molar-refractivity contribution in [2.45, 2.75) is 10.9 Å². The van der Waals surface area contributed by atoms with E-state index in [-0.39, 0.29) is 11.9 Å². The van der Waals surface area contributed by atoms with Crippen molar-refractivity contribution in [1.82, 2.24) is 10.2 Å². The third-order valence-electron chi connectivity index (χ3n) is 4.59. The molecule has 1 N–H and O–H groups in total. The van der Waals surface area contributed by atoms with Gasteiger partial charge in [0.05, 0.1) is 32.1 Å². The van der Waals surface area contributed by atoms with Gasteiger partial charge in [-0.1, -0.05) is 30.3 Å². The van der Waals surface area contributed by atoms with Crippen molar-refractivity contribution in [1.29, 1.82) is 0 Å². The third-order valence-corrected chi connectivity index (χ3v) is 5.60. The summed E-state index contributed by atoms with van der Waals surface area (Å²) < 4.78 is 10.7. The van der Waals surface area contributed by atoms with Gasteiger partial charge in [0.15, 0.2) is 0 Å². The standard InChI is InChI=1S/C21H26N2O3S/c1-25-18-9-7-17(8-10-18)20(23-11-13-26-14-12-23)15-22-21(24)16-27-19-5-3-2-4-6-19/h2-10,20H,11-16H2,1H3,(H,22,24)/t20-/m1/s1. The second kappa shape index (κ2) is 10.3. The van der Waals surface area contributed by atoms with Crippen LogP contribution in [0.1, 0.15) is 11.6 Å². The summed E-state index contributed by atoms with van der Waals surface area (Å²) in [6, 6.07) is 18.2. The first-order valence-corrected chi connectivity index (χ1v) is 10.1. The van der Waals surface area contributed by atoms with Crippen LogP contribution in [0.2, 0.25) is 0 Å². The van der Waals surface area contributed by atoms with Crippen LogP contribution in [0.15, 0.2) is 59.5 Å². The highest BCUT2D eigenvalue weighted by atomic mass is 32.2. The van der Waals surface area contributed by atoms with Crippen LogP contribution in [0.3, 0.4) is 0 Å². The third kappa shape index (κ3) is 5.99. The number of rotatable bonds is 8. The van der Waals surface area contributed by atoms with E-state index < -0.39 is 0 Å². The number of nitrogens with zero attached hydrogens (tertiary/aromatic N) is 1.